The van der Waals surface area contributed by atoms with Crippen LogP contribution in [0.1, 0.15) is 10.4 Å². The number of anilines is 1. The van der Waals surface area contributed by atoms with Crippen LogP contribution in [0.25, 0.3) is 11.4 Å². The summed E-state index contributed by atoms with van der Waals surface area (Å²) in [6.45, 7) is 0. The van der Waals surface area contributed by atoms with Crippen LogP contribution in [-0.2, 0) is 0 Å². The van der Waals surface area contributed by atoms with E-state index >= 15 is 0 Å². The fraction of sp³-hybridized carbons (Fsp3) is 0.0556. The minimum Gasteiger partial charge on any atom is -0.495 e. The monoisotopic (exact) mass is 361 g/mol. The first-order chi connectivity index (χ1) is 13.3. The summed E-state index contributed by atoms with van der Waals surface area (Å²) in [6.07, 6.45) is 6.24. The molecule has 9 nitrogen and oxygen atoms in total. The molecule has 134 valence electrons. The topological polar surface area (TPSA) is 99.8 Å². The Bertz CT molecular complexity index is 1060. The Morgan fingerprint density at radius 3 is 2.30 bits per heavy atom. The van der Waals surface area contributed by atoms with Gasteiger partial charge >= 0.3 is 0 Å². The molecule has 0 spiro atoms. The lowest BCUT2D eigenvalue weighted by Crippen LogP contribution is -2.15. The second-order valence-corrected chi connectivity index (χ2v) is 5.59. The normalized spacial score (nSPS) is 10.6. The number of nitrogens with one attached hydrogen (secondary N) is 1. The van der Waals surface area contributed by atoms with Crippen molar-refractivity contribution >= 4 is 11.6 Å². The molecule has 27 heavy (non-hydrogen) atoms. The van der Waals surface area contributed by atoms with E-state index in [0.717, 1.165) is 5.69 Å². The number of carbonyl (C=O) groups excluding carboxylic acids is 1. The highest BCUT2D eigenvalue weighted by Gasteiger charge is 2.15. The van der Waals surface area contributed by atoms with Crippen molar-refractivity contribution in [1.29, 1.82) is 0 Å². The Morgan fingerprint density at radius 1 is 0.926 bits per heavy atom. The van der Waals surface area contributed by atoms with Crippen molar-refractivity contribution in [3.05, 3.63) is 73.3 Å². The molecule has 1 amide bonds. The lowest BCUT2D eigenvalue weighted by Gasteiger charge is -2.14. The molecule has 9 heteroatoms. The predicted molar refractivity (Wildman–Crippen MR) is 97.2 cm³/mol. The van der Waals surface area contributed by atoms with Gasteiger partial charge in [-0.2, -0.15) is 0 Å². The Kier molecular flexibility index (Phi) is 4.32. The van der Waals surface area contributed by atoms with E-state index < -0.39 is 0 Å². The lowest BCUT2D eigenvalue weighted by atomic mass is 10.1. The van der Waals surface area contributed by atoms with Crippen LogP contribution in [-0.4, -0.2) is 42.5 Å². The SMILES string of the molecule is COc1ccc(-n2cnnc2)cc1NC(=O)c1ccccc1-n1cnnc1. The zero-order valence-corrected chi connectivity index (χ0v) is 14.4. The highest BCUT2D eigenvalue weighted by molar-refractivity contribution is 6.07. The number of nitrogens with zero attached hydrogens (tertiary/aromatic N) is 6. The number of benzene rings is 2. The maximum atomic E-state index is 12.9. The van der Waals surface area contributed by atoms with E-state index in [4.69, 9.17) is 4.74 Å². The summed E-state index contributed by atoms with van der Waals surface area (Å²) in [6, 6.07) is 12.6. The van der Waals surface area contributed by atoms with Crippen molar-refractivity contribution < 1.29 is 9.53 Å². The van der Waals surface area contributed by atoms with Gasteiger partial charge in [-0.05, 0) is 30.3 Å². The van der Waals surface area contributed by atoms with Gasteiger partial charge in [0.05, 0.1) is 29.7 Å². The van der Waals surface area contributed by atoms with Crippen molar-refractivity contribution in [2.75, 3.05) is 12.4 Å². The van der Waals surface area contributed by atoms with Crippen molar-refractivity contribution in [1.82, 2.24) is 29.5 Å². The van der Waals surface area contributed by atoms with Crippen molar-refractivity contribution in [3.63, 3.8) is 0 Å². The fourth-order valence-electron chi connectivity index (χ4n) is 2.69. The van der Waals surface area contributed by atoms with Crippen LogP contribution < -0.4 is 10.1 Å². The van der Waals surface area contributed by atoms with Gasteiger partial charge < -0.3 is 10.1 Å². The Labute approximate surface area is 154 Å². The molecule has 2 aromatic heterocycles. The fourth-order valence-corrected chi connectivity index (χ4v) is 2.69. The quantitative estimate of drug-likeness (QED) is 0.584. The number of hydrogen-bond acceptors (Lipinski definition) is 6. The third-order valence-electron chi connectivity index (χ3n) is 3.99. The zero-order chi connectivity index (χ0) is 18.6. The standard InChI is InChI=1S/C18H15N7O2/c1-27-17-7-6-13(24-9-19-20-10-24)8-15(17)23-18(26)14-4-2-3-5-16(14)25-11-21-22-12-25/h2-12H,1H3,(H,23,26). The molecule has 2 heterocycles. The summed E-state index contributed by atoms with van der Waals surface area (Å²) in [5.74, 6) is 0.264. The number of rotatable bonds is 5. The van der Waals surface area contributed by atoms with Gasteiger partial charge in [0.15, 0.2) is 0 Å². The maximum absolute atomic E-state index is 12.9. The van der Waals surface area contributed by atoms with Gasteiger partial charge in [0.2, 0.25) is 0 Å². The largest absolute Gasteiger partial charge is 0.495 e. The molecule has 2 aromatic carbocycles. The third-order valence-corrected chi connectivity index (χ3v) is 3.99. The average molecular weight is 361 g/mol. The summed E-state index contributed by atoms with van der Waals surface area (Å²) >= 11 is 0. The van der Waals surface area contributed by atoms with E-state index in [9.17, 15) is 4.79 Å². The number of para-hydroxylation sites is 1. The molecule has 1 N–H and O–H groups in total. The molecule has 0 saturated heterocycles. The lowest BCUT2D eigenvalue weighted by molar-refractivity contribution is 0.102. The van der Waals surface area contributed by atoms with E-state index in [-0.39, 0.29) is 5.91 Å². The molecular formula is C18H15N7O2. The average Bonchev–Trinajstić information content (AvgIpc) is 3.42. The van der Waals surface area contributed by atoms with Crippen molar-refractivity contribution in [3.8, 4) is 17.1 Å². The number of amides is 1. The first kappa shape index (κ1) is 16.5. The highest BCUT2D eigenvalue weighted by Crippen LogP contribution is 2.28. The maximum Gasteiger partial charge on any atom is 0.257 e. The van der Waals surface area contributed by atoms with Gasteiger partial charge in [-0.3, -0.25) is 13.9 Å². The van der Waals surface area contributed by atoms with E-state index in [2.05, 4.69) is 25.7 Å². The van der Waals surface area contributed by atoms with Crippen LogP contribution in [0.15, 0.2) is 67.8 Å². The Balaban J connectivity index is 1.69. The minimum absolute atomic E-state index is 0.279. The van der Waals surface area contributed by atoms with Gasteiger partial charge in [-0.1, -0.05) is 12.1 Å². The van der Waals surface area contributed by atoms with Gasteiger partial charge in [0.1, 0.15) is 31.1 Å². The molecule has 0 atom stereocenters. The van der Waals surface area contributed by atoms with E-state index in [1.165, 1.54) is 0 Å². The molecular weight excluding hydrogens is 346 g/mol. The molecule has 0 radical (unpaired) electrons. The van der Waals surface area contributed by atoms with Gasteiger partial charge in [-0.25, -0.2) is 0 Å². The van der Waals surface area contributed by atoms with Crippen molar-refractivity contribution in [2.24, 2.45) is 0 Å². The highest BCUT2D eigenvalue weighted by atomic mass is 16.5. The Morgan fingerprint density at radius 2 is 1.59 bits per heavy atom. The van der Waals surface area contributed by atoms with E-state index in [1.54, 1.807) is 65.8 Å². The first-order valence-electron chi connectivity index (χ1n) is 8.04. The van der Waals surface area contributed by atoms with Gasteiger partial charge in [-0.15, -0.1) is 20.4 Å². The minimum atomic E-state index is -0.279. The van der Waals surface area contributed by atoms with Crippen LogP contribution in [0.2, 0.25) is 0 Å². The molecule has 0 fully saturated rings. The van der Waals surface area contributed by atoms with E-state index in [0.29, 0.717) is 22.7 Å². The molecule has 0 aliphatic heterocycles. The molecule has 4 rings (SSSR count). The second-order valence-electron chi connectivity index (χ2n) is 5.59. The number of ether oxygens (including phenoxy) is 1. The second kappa shape index (κ2) is 7.08. The molecule has 4 aromatic rings. The first-order valence-corrected chi connectivity index (χ1v) is 8.04. The zero-order valence-electron chi connectivity index (χ0n) is 14.4. The summed E-state index contributed by atoms with van der Waals surface area (Å²) < 4.78 is 8.79. The molecule has 0 aliphatic carbocycles. The number of aromatic nitrogens is 6. The van der Waals surface area contributed by atoms with Crippen LogP contribution >= 0.6 is 0 Å². The van der Waals surface area contributed by atoms with Gasteiger partial charge in [0.25, 0.3) is 5.91 Å². The third kappa shape index (κ3) is 3.25. The van der Waals surface area contributed by atoms with Crippen LogP contribution in [0.4, 0.5) is 5.69 Å². The van der Waals surface area contributed by atoms with Crippen LogP contribution in [0.5, 0.6) is 5.75 Å². The molecule has 0 aliphatic rings. The number of carbonyl (C=O) groups is 1. The summed E-state index contributed by atoms with van der Waals surface area (Å²) in [5, 5.41) is 18.1. The summed E-state index contributed by atoms with van der Waals surface area (Å²) in [7, 11) is 1.55. The molecule has 0 unspecified atom stereocenters. The molecule has 0 saturated carbocycles. The Hall–Kier alpha value is -4.01. The summed E-state index contributed by atoms with van der Waals surface area (Å²) in [5.41, 5.74) is 2.48. The molecule has 0 bridgehead atoms. The summed E-state index contributed by atoms with van der Waals surface area (Å²) in [4.78, 5) is 12.9. The smallest absolute Gasteiger partial charge is 0.257 e. The van der Waals surface area contributed by atoms with E-state index in [1.807, 2.05) is 18.2 Å². The number of hydrogen-bond donors (Lipinski definition) is 1. The van der Waals surface area contributed by atoms with Crippen LogP contribution in [0.3, 0.4) is 0 Å². The van der Waals surface area contributed by atoms with Crippen molar-refractivity contribution in [2.45, 2.75) is 0 Å². The van der Waals surface area contributed by atoms with Crippen LogP contribution in [0, 0.1) is 0 Å². The van der Waals surface area contributed by atoms with Gasteiger partial charge in [0, 0.05) is 0 Å². The number of methoxy groups -OCH3 is 1. The predicted octanol–water partition coefficient (Wildman–Crippen LogP) is 2.11.